The van der Waals surface area contributed by atoms with E-state index in [1.165, 1.54) is 5.56 Å². The number of benzene rings is 1. The van der Waals surface area contributed by atoms with Gasteiger partial charge in [0.05, 0.1) is 13.2 Å². The van der Waals surface area contributed by atoms with E-state index in [-0.39, 0.29) is 6.29 Å². The smallest absolute Gasteiger partial charge is 0.158 e. The topological polar surface area (TPSA) is 18.5 Å². The van der Waals surface area contributed by atoms with Crippen molar-refractivity contribution in [2.45, 2.75) is 18.5 Å². The molecule has 0 atom stereocenters. The first-order chi connectivity index (χ1) is 7.45. The molecule has 0 N–H and O–H groups in total. The first-order valence-electron chi connectivity index (χ1n) is 5.30. The highest BCUT2D eigenvalue weighted by atomic mass is 32.2. The van der Waals surface area contributed by atoms with Crippen molar-refractivity contribution in [3.05, 3.63) is 35.9 Å². The van der Waals surface area contributed by atoms with Crippen LogP contribution in [-0.2, 0) is 15.2 Å². The first kappa shape index (κ1) is 11.0. The molecule has 0 saturated carbocycles. The molecule has 1 heterocycles. The van der Waals surface area contributed by atoms with Gasteiger partial charge in [0.25, 0.3) is 0 Å². The van der Waals surface area contributed by atoms with Crippen molar-refractivity contribution in [3.63, 3.8) is 0 Å². The third-order valence-electron chi connectivity index (χ3n) is 2.30. The Labute approximate surface area is 95.0 Å². The predicted octanol–water partition coefficient (Wildman–Crippen LogP) is 2.68. The highest BCUT2D eigenvalue weighted by Crippen LogP contribution is 2.16. The summed E-state index contributed by atoms with van der Waals surface area (Å²) in [4.78, 5) is 0. The summed E-state index contributed by atoms with van der Waals surface area (Å²) in [6.07, 6.45) is 1.05. The molecule has 15 heavy (non-hydrogen) atoms. The van der Waals surface area contributed by atoms with Gasteiger partial charge in [-0.25, -0.2) is 0 Å². The lowest BCUT2D eigenvalue weighted by Crippen LogP contribution is -2.08. The Balaban J connectivity index is 1.59. The lowest BCUT2D eigenvalue weighted by atomic mass is 10.2. The molecule has 0 radical (unpaired) electrons. The third kappa shape index (κ3) is 3.86. The molecule has 0 aromatic heterocycles. The highest BCUT2D eigenvalue weighted by Gasteiger charge is 2.14. The largest absolute Gasteiger partial charge is 0.350 e. The maximum Gasteiger partial charge on any atom is 0.158 e. The summed E-state index contributed by atoms with van der Waals surface area (Å²) < 4.78 is 10.7. The fourth-order valence-corrected chi connectivity index (χ4v) is 2.45. The molecule has 1 aromatic carbocycles. The van der Waals surface area contributed by atoms with Crippen LogP contribution in [-0.4, -0.2) is 25.3 Å². The van der Waals surface area contributed by atoms with Crippen LogP contribution in [0.2, 0.25) is 0 Å². The average Bonchev–Trinajstić information content (AvgIpc) is 2.79. The van der Waals surface area contributed by atoms with Crippen LogP contribution in [0.1, 0.15) is 12.0 Å². The van der Waals surface area contributed by atoms with Gasteiger partial charge >= 0.3 is 0 Å². The van der Waals surface area contributed by atoms with Crippen LogP contribution in [0.4, 0.5) is 0 Å². The molecule has 1 aliphatic rings. The molecule has 2 nitrogen and oxygen atoms in total. The van der Waals surface area contributed by atoms with Crippen molar-refractivity contribution in [2.75, 3.05) is 19.0 Å². The van der Waals surface area contributed by atoms with Crippen molar-refractivity contribution < 1.29 is 9.47 Å². The Kier molecular flexibility index (Phi) is 4.51. The van der Waals surface area contributed by atoms with Crippen molar-refractivity contribution in [3.8, 4) is 0 Å². The van der Waals surface area contributed by atoms with Crippen LogP contribution >= 0.6 is 11.8 Å². The van der Waals surface area contributed by atoms with Gasteiger partial charge in [0.1, 0.15) is 0 Å². The van der Waals surface area contributed by atoms with Gasteiger partial charge in [0.2, 0.25) is 0 Å². The van der Waals surface area contributed by atoms with E-state index in [1.807, 2.05) is 17.8 Å². The van der Waals surface area contributed by atoms with E-state index >= 15 is 0 Å². The second-order valence-electron chi connectivity index (χ2n) is 3.50. The standard InChI is InChI=1S/C12H16O2S/c1-2-4-11(5-3-1)10-15-9-6-12-13-7-8-14-12/h1-5,12H,6-10H2. The van der Waals surface area contributed by atoms with Gasteiger partial charge in [0, 0.05) is 12.2 Å². The zero-order valence-corrected chi connectivity index (χ0v) is 9.54. The monoisotopic (exact) mass is 224 g/mol. The predicted molar refractivity (Wildman–Crippen MR) is 62.9 cm³/mol. The lowest BCUT2D eigenvalue weighted by Gasteiger charge is -2.07. The summed E-state index contributed by atoms with van der Waals surface area (Å²) in [5.74, 6) is 2.17. The van der Waals surface area contributed by atoms with E-state index in [9.17, 15) is 0 Å². The maximum atomic E-state index is 5.37. The van der Waals surface area contributed by atoms with Gasteiger partial charge in [-0.2, -0.15) is 11.8 Å². The third-order valence-corrected chi connectivity index (χ3v) is 3.36. The number of hydrogen-bond acceptors (Lipinski definition) is 3. The van der Waals surface area contributed by atoms with Crippen LogP contribution in [0.5, 0.6) is 0 Å². The Morgan fingerprint density at radius 1 is 1.13 bits per heavy atom. The average molecular weight is 224 g/mol. The number of ether oxygens (including phenoxy) is 2. The molecule has 3 heteroatoms. The fourth-order valence-electron chi connectivity index (χ4n) is 1.52. The van der Waals surface area contributed by atoms with Crippen molar-refractivity contribution in [2.24, 2.45) is 0 Å². The molecule has 0 bridgehead atoms. The number of hydrogen-bond donors (Lipinski definition) is 0. The van der Waals surface area contributed by atoms with Crippen LogP contribution in [0, 0.1) is 0 Å². The van der Waals surface area contributed by atoms with Gasteiger partial charge in [-0.3, -0.25) is 0 Å². The molecule has 1 aliphatic heterocycles. The molecule has 1 aromatic rings. The number of thioether (sulfide) groups is 1. The van der Waals surface area contributed by atoms with E-state index in [2.05, 4.69) is 24.3 Å². The lowest BCUT2D eigenvalue weighted by molar-refractivity contribution is -0.0421. The van der Waals surface area contributed by atoms with Gasteiger partial charge < -0.3 is 9.47 Å². The minimum atomic E-state index is 0.0493. The molecule has 0 amide bonds. The van der Waals surface area contributed by atoms with Gasteiger partial charge in [-0.05, 0) is 11.3 Å². The van der Waals surface area contributed by atoms with E-state index in [1.54, 1.807) is 0 Å². The molecule has 2 rings (SSSR count). The molecule has 0 aliphatic carbocycles. The molecule has 1 fully saturated rings. The van der Waals surface area contributed by atoms with E-state index in [0.717, 1.165) is 31.1 Å². The van der Waals surface area contributed by atoms with Crippen molar-refractivity contribution in [1.29, 1.82) is 0 Å². The molecule has 0 unspecified atom stereocenters. The van der Waals surface area contributed by atoms with Gasteiger partial charge in [-0.15, -0.1) is 0 Å². The summed E-state index contributed by atoms with van der Waals surface area (Å²) >= 11 is 1.93. The quantitative estimate of drug-likeness (QED) is 0.716. The van der Waals surface area contributed by atoms with Crippen molar-refractivity contribution in [1.82, 2.24) is 0 Å². The Morgan fingerprint density at radius 3 is 2.60 bits per heavy atom. The SMILES string of the molecule is c1ccc(CSCCC2OCCO2)cc1. The van der Waals surface area contributed by atoms with Crippen LogP contribution < -0.4 is 0 Å². The highest BCUT2D eigenvalue weighted by molar-refractivity contribution is 7.98. The summed E-state index contributed by atoms with van der Waals surface area (Å²) in [5, 5.41) is 0. The molecule has 82 valence electrons. The maximum absolute atomic E-state index is 5.37. The van der Waals surface area contributed by atoms with Crippen molar-refractivity contribution >= 4 is 11.8 Å². The second kappa shape index (κ2) is 6.16. The summed E-state index contributed by atoms with van der Waals surface area (Å²) in [6, 6.07) is 10.5. The minimum Gasteiger partial charge on any atom is -0.350 e. The van der Waals surface area contributed by atoms with E-state index < -0.39 is 0 Å². The first-order valence-corrected chi connectivity index (χ1v) is 6.45. The van der Waals surface area contributed by atoms with Crippen LogP contribution in [0.15, 0.2) is 30.3 Å². The normalized spacial score (nSPS) is 17.1. The van der Waals surface area contributed by atoms with Crippen LogP contribution in [0.25, 0.3) is 0 Å². The van der Waals surface area contributed by atoms with Gasteiger partial charge in [-0.1, -0.05) is 30.3 Å². The molecule has 1 saturated heterocycles. The summed E-state index contributed by atoms with van der Waals surface area (Å²) in [6.45, 7) is 1.52. The fraction of sp³-hybridized carbons (Fsp3) is 0.500. The summed E-state index contributed by atoms with van der Waals surface area (Å²) in [5.41, 5.74) is 1.38. The van der Waals surface area contributed by atoms with Gasteiger partial charge in [0.15, 0.2) is 6.29 Å². The molecular weight excluding hydrogens is 208 g/mol. The zero-order valence-electron chi connectivity index (χ0n) is 8.72. The Hall–Kier alpha value is -0.510. The van der Waals surface area contributed by atoms with Crippen LogP contribution in [0.3, 0.4) is 0 Å². The number of rotatable bonds is 5. The Bertz CT molecular complexity index is 270. The Morgan fingerprint density at radius 2 is 1.87 bits per heavy atom. The zero-order chi connectivity index (χ0) is 10.3. The summed E-state index contributed by atoms with van der Waals surface area (Å²) in [7, 11) is 0. The van der Waals surface area contributed by atoms with E-state index in [4.69, 9.17) is 9.47 Å². The van der Waals surface area contributed by atoms with E-state index in [0.29, 0.717) is 0 Å². The minimum absolute atomic E-state index is 0.0493. The second-order valence-corrected chi connectivity index (χ2v) is 4.60. The molecule has 0 spiro atoms. The molecular formula is C12H16O2S.